The molecule has 3 aliphatic carbocycles. The third-order valence-corrected chi connectivity index (χ3v) is 7.18. The topological polar surface area (TPSA) is 6.48 Å². The lowest BCUT2D eigenvalue weighted by Gasteiger charge is -2.57. The van der Waals surface area contributed by atoms with Gasteiger partial charge in [0.25, 0.3) is 0 Å². The van der Waals surface area contributed by atoms with Crippen molar-refractivity contribution in [2.75, 3.05) is 0 Å². The van der Waals surface area contributed by atoms with Gasteiger partial charge >= 0.3 is 0 Å². The Morgan fingerprint density at radius 3 is 2.82 bits per heavy atom. The standard InChI is InChI=1S/C20H22N2/c1-12-5-3-7-14-13-6-4-8-15-16-11-20(16,2)22-10-9-21(18(12)14)19(22)17(13)15/h3-10,12,15-19H,11H2,1-2H3/t12-,15?,16?,17?,18-,19?,20?/m1/s1. The zero-order valence-electron chi connectivity index (χ0n) is 13.2. The maximum absolute atomic E-state index is 2.70. The van der Waals surface area contributed by atoms with Gasteiger partial charge in [0.1, 0.15) is 6.17 Å². The fourth-order valence-electron chi connectivity index (χ4n) is 6.07. The van der Waals surface area contributed by atoms with Gasteiger partial charge in [-0.2, -0.15) is 0 Å². The lowest BCUT2D eigenvalue weighted by Crippen LogP contribution is -2.62. The van der Waals surface area contributed by atoms with E-state index in [1.54, 1.807) is 11.1 Å². The Morgan fingerprint density at radius 1 is 1.09 bits per heavy atom. The van der Waals surface area contributed by atoms with Gasteiger partial charge in [-0.05, 0) is 42.2 Å². The van der Waals surface area contributed by atoms with Crippen LogP contribution in [0.4, 0.5) is 0 Å². The molecule has 0 spiro atoms. The van der Waals surface area contributed by atoms with Gasteiger partial charge in [-0.25, -0.2) is 0 Å². The summed E-state index contributed by atoms with van der Waals surface area (Å²) in [4.78, 5) is 5.38. The Morgan fingerprint density at radius 2 is 1.91 bits per heavy atom. The quantitative estimate of drug-likeness (QED) is 0.674. The van der Waals surface area contributed by atoms with E-state index in [-0.39, 0.29) is 0 Å². The van der Waals surface area contributed by atoms with Crippen molar-refractivity contribution < 1.29 is 0 Å². The van der Waals surface area contributed by atoms with Crippen LogP contribution in [0.2, 0.25) is 0 Å². The molecule has 0 aromatic rings. The van der Waals surface area contributed by atoms with E-state index in [1.165, 1.54) is 6.42 Å². The monoisotopic (exact) mass is 290 g/mol. The van der Waals surface area contributed by atoms with Crippen LogP contribution in [0.25, 0.3) is 0 Å². The first-order valence-corrected chi connectivity index (χ1v) is 8.71. The van der Waals surface area contributed by atoms with Crippen LogP contribution in [0.15, 0.2) is 60.0 Å². The zero-order chi connectivity index (χ0) is 14.6. The highest BCUT2D eigenvalue weighted by atomic mass is 15.5. The molecule has 0 aromatic carbocycles. The lowest BCUT2D eigenvalue weighted by molar-refractivity contribution is -0.0206. The molecule has 0 aromatic heterocycles. The van der Waals surface area contributed by atoms with Gasteiger partial charge in [0.2, 0.25) is 0 Å². The van der Waals surface area contributed by atoms with E-state index in [0.29, 0.717) is 29.6 Å². The number of fused-ring (bicyclic) bond motifs is 6. The van der Waals surface area contributed by atoms with E-state index < -0.39 is 0 Å². The van der Waals surface area contributed by atoms with Crippen LogP contribution >= 0.6 is 0 Å². The smallest absolute Gasteiger partial charge is 0.109 e. The molecule has 7 atom stereocenters. The molecule has 22 heavy (non-hydrogen) atoms. The Hall–Kier alpha value is -1.70. The summed E-state index contributed by atoms with van der Waals surface area (Å²) in [5.74, 6) is 2.81. The summed E-state index contributed by atoms with van der Waals surface area (Å²) in [6, 6.07) is 0.518. The molecule has 0 bridgehead atoms. The van der Waals surface area contributed by atoms with Crippen LogP contribution in [0.3, 0.4) is 0 Å². The van der Waals surface area contributed by atoms with Gasteiger partial charge in [0.05, 0.1) is 6.04 Å². The summed E-state index contributed by atoms with van der Waals surface area (Å²) in [6.45, 7) is 4.84. The molecule has 2 saturated heterocycles. The summed E-state index contributed by atoms with van der Waals surface area (Å²) in [6.07, 6.45) is 20.9. The third kappa shape index (κ3) is 1.11. The molecule has 6 aliphatic rings. The van der Waals surface area contributed by atoms with Crippen molar-refractivity contribution in [1.82, 2.24) is 9.80 Å². The second-order valence-electron chi connectivity index (χ2n) is 8.15. The van der Waals surface area contributed by atoms with E-state index >= 15 is 0 Å². The van der Waals surface area contributed by atoms with Crippen LogP contribution < -0.4 is 0 Å². The highest BCUT2D eigenvalue weighted by molar-refractivity contribution is 5.52. The average molecular weight is 290 g/mol. The Kier molecular flexibility index (Phi) is 1.85. The van der Waals surface area contributed by atoms with Gasteiger partial charge in [-0.15, -0.1) is 0 Å². The highest BCUT2D eigenvalue weighted by Crippen LogP contribution is 2.66. The first-order chi connectivity index (χ1) is 10.7. The fraction of sp³-hybridized carbons (Fsp3) is 0.500. The van der Waals surface area contributed by atoms with Gasteiger partial charge in [0, 0.05) is 23.9 Å². The van der Waals surface area contributed by atoms with E-state index in [0.717, 1.165) is 11.8 Å². The molecule has 3 fully saturated rings. The minimum atomic E-state index is 0.402. The summed E-state index contributed by atoms with van der Waals surface area (Å²) in [7, 11) is 0. The number of hydrogen-bond acceptors (Lipinski definition) is 2. The number of hydrogen-bond donors (Lipinski definition) is 0. The molecule has 0 radical (unpaired) electrons. The first-order valence-electron chi connectivity index (χ1n) is 8.71. The molecule has 5 unspecified atom stereocenters. The summed E-state index contributed by atoms with van der Waals surface area (Å²) in [5.41, 5.74) is 3.60. The number of allylic oxidation sites excluding steroid dienone is 5. The number of rotatable bonds is 0. The van der Waals surface area contributed by atoms with Crippen molar-refractivity contribution in [3.63, 3.8) is 0 Å². The van der Waals surface area contributed by atoms with Crippen molar-refractivity contribution in [2.45, 2.75) is 38.0 Å². The number of nitrogens with zero attached hydrogens (tertiary/aromatic N) is 2. The minimum absolute atomic E-state index is 0.402. The minimum Gasteiger partial charge on any atom is -0.350 e. The molecule has 0 N–H and O–H groups in total. The molecule has 6 rings (SSSR count). The maximum Gasteiger partial charge on any atom is 0.109 e. The Bertz CT molecular complexity index is 724. The predicted octanol–water partition coefficient (Wildman–Crippen LogP) is 3.44. The van der Waals surface area contributed by atoms with E-state index in [1.807, 2.05) is 0 Å². The first kappa shape index (κ1) is 11.8. The van der Waals surface area contributed by atoms with Crippen molar-refractivity contribution in [2.24, 2.45) is 23.7 Å². The lowest BCUT2D eigenvalue weighted by atomic mass is 9.65. The SMILES string of the molecule is C[C@@H]1C=CC=C2C3=CC=CC4C3C3N(C=CN3C3(C)CC43)[C@@H]21. The van der Waals surface area contributed by atoms with E-state index in [9.17, 15) is 0 Å². The van der Waals surface area contributed by atoms with Gasteiger partial charge in [-0.1, -0.05) is 43.4 Å². The van der Waals surface area contributed by atoms with Crippen LogP contribution in [0.5, 0.6) is 0 Å². The second kappa shape index (κ2) is 3.45. The Labute approximate surface area is 132 Å². The molecule has 3 aliphatic heterocycles. The molecule has 1 saturated carbocycles. The molecular weight excluding hydrogens is 268 g/mol. The summed E-state index contributed by atoms with van der Waals surface area (Å²) < 4.78 is 0. The Balaban J connectivity index is 1.58. The van der Waals surface area contributed by atoms with Crippen molar-refractivity contribution in [3.8, 4) is 0 Å². The summed E-state index contributed by atoms with van der Waals surface area (Å²) >= 11 is 0. The summed E-state index contributed by atoms with van der Waals surface area (Å²) in [5, 5.41) is 0. The molecule has 2 nitrogen and oxygen atoms in total. The normalized spacial score (nSPS) is 51.9. The highest BCUT2D eigenvalue weighted by Gasteiger charge is 2.68. The molecule has 2 heteroatoms. The van der Waals surface area contributed by atoms with Gasteiger partial charge < -0.3 is 9.80 Å². The largest absolute Gasteiger partial charge is 0.350 e. The van der Waals surface area contributed by atoms with Crippen molar-refractivity contribution in [1.29, 1.82) is 0 Å². The molecule has 0 amide bonds. The fourth-order valence-corrected chi connectivity index (χ4v) is 6.07. The predicted molar refractivity (Wildman–Crippen MR) is 87.5 cm³/mol. The van der Waals surface area contributed by atoms with Crippen LogP contribution in [0, 0.1) is 23.7 Å². The zero-order valence-corrected chi connectivity index (χ0v) is 13.2. The third-order valence-electron chi connectivity index (χ3n) is 7.18. The van der Waals surface area contributed by atoms with Crippen LogP contribution in [-0.4, -0.2) is 27.5 Å². The van der Waals surface area contributed by atoms with Crippen LogP contribution in [-0.2, 0) is 0 Å². The van der Waals surface area contributed by atoms with Crippen molar-refractivity contribution in [3.05, 3.63) is 60.0 Å². The molecule has 112 valence electrons. The van der Waals surface area contributed by atoms with E-state index in [2.05, 4.69) is 72.5 Å². The second-order valence-corrected chi connectivity index (χ2v) is 8.15. The molecular formula is C20H22N2. The van der Waals surface area contributed by atoms with E-state index in [4.69, 9.17) is 0 Å². The van der Waals surface area contributed by atoms with Crippen molar-refractivity contribution >= 4 is 0 Å². The number of piperidine rings is 2. The van der Waals surface area contributed by atoms with Gasteiger partial charge in [-0.3, -0.25) is 0 Å². The molecule has 3 heterocycles. The van der Waals surface area contributed by atoms with Crippen LogP contribution in [0.1, 0.15) is 20.3 Å². The van der Waals surface area contributed by atoms with Gasteiger partial charge in [0.15, 0.2) is 0 Å². The maximum atomic E-state index is 2.70. The average Bonchev–Trinajstić information content (AvgIpc) is 3.03.